The molecule has 3 nitrogen and oxygen atoms in total. The Bertz CT molecular complexity index is 361. The molecule has 1 atom stereocenters. The number of hydrogen-bond acceptors (Lipinski definition) is 2. The molecule has 74 valence electrons. The van der Waals surface area contributed by atoms with Gasteiger partial charge in [-0.3, -0.25) is 9.59 Å². The van der Waals surface area contributed by atoms with Crippen molar-refractivity contribution in [2.75, 3.05) is 0 Å². The summed E-state index contributed by atoms with van der Waals surface area (Å²) in [5.74, 6) is -1.70. The molecule has 0 aliphatic rings. The highest BCUT2D eigenvalue weighted by molar-refractivity contribution is 9.10. The van der Waals surface area contributed by atoms with E-state index in [0.717, 1.165) is 0 Å². The normalized spacial score (nSPS) is 12.1. The minimum Gasteiger partial charge on any atom is -0.480 e. The van der Waals surface area contributed by atoms with Crippen molar-refractivity contribution in [2.24, 2.45) is 0 Å². The van der Waals surface area contributed by atoms with E-state index in [-0.39, 0.29) is 0 Å². The van der Waals surface area contributed by atoms with E-state index in [1.54, 1.807) is 0 Å². The first-order valence-electron chi connectivity index (χ1n) is 3.69. The number of aliphatic carboxylic acids is 1. The Labute approximate surface area is 93.8 Å². The van der Waals surface area contributed by atoms with Crippen LogP contribution < -0.4 is 0 Å². The molecule has 0 fully saturated rings. The molecule has 1 aromatic rings. The number of ketones is 1. The second-order valence-electron chi connectivity index (χ2n) is 2.57. The van der Waals surface area contributed by atoms with Gasteiger partial charge in [-0.15, -0.1) is 0 Å². The van der Waals surface area contributed by atoms with Crippen LogP contribution in [-0.2, 0) is 4.79 Å². The number of carbonyl (C=O) groups excluding carboxylic acids is 1. The van der Waals surface area contributed by atoms with E-state index in [1.807, 2.05) is 0 Å². The van der Waals surface area contributed by atoms with Crippen molar-refractivity contribution in [1.82, 2.24) is 0 Å². The lowest BCUT2D eigenvalue weighted by molar-refractivity contribution is -0.135. The topological polar surface area (TPSA) is 54.4 Å². The summed E-state index contributed by atoms with van der Waals surface area (Å²) in [5, 5.41) is 9.08. The average molecular weight is 278 g/mol. The summed E-state index contributed by atoms with van der Waals surface area (Å²) in [6.45, 7) is 0. The molecular weight excluding hydrogens is 271 g/mol. The highest BCUT2D eigenvalue weighted by Gasteiger charge is 2.23. The monoisotopic (exact) mass is 276 g/mol. The maximum Gasteiger partial charge on any atom is 0.325 e. The van der Waals surface area contributed by atoms with Gasteiger partial charge in [-0.25, -0.2) is 0 Å². The Balaban J connectivity index is 2.90. The van der Waals surface area contributed by atoms with Gasteiger partial charge in [-0.05, 0) is 24.3 Å². The lowest BCUT2D eigenvalue weighted by Gasteiger charge is -2.03. The van der Waals surface area contributed by atoms with Crippen molar-refractivity contribution in [3.8, 4) is 0 Å². The van der Waals surface area contributed by atoms with Gasteiger partial charge in [-0.1, -0.05) is 27.5 Å². The number of alkyl halides is 1. The van der Waals surface area contributed by atoms with Crippen LogP contribution >= 0.6 is 27.5 Å². The van der Waals surface area contributed by atoms with Crippen LogP contribution in [0.1, 0.15) is 10.4 Å². The molecule has 0 aliphatic heterocycles. The molecule has 0 amide bonds. The van der Waals surface area contributed by atoms with E-state index in [4.69, 9.17) is 16.7 Å². The van der Waals surface area contributed by atoms with E-state index < -0.39 is 16.6 Å². The number of carboxylic acids is 1. The van der Waals surface area contributed by atoms with Crippen LogP contribution in [0.25, 0.3) is 0 Å². The Hall–Kier alpha value is -0.870. The zero-order valence-corrected chi connectivity index (χ0v) is 9.25. The fourth-order valence-electron chi connectivity index (χ4n) is 0.873. The van der Waals surface area contributed by atoms with E-state index in [0.29, 0.717) is 10.6 Å². The predicted octanol–water partition coefficient (Wildman–Crippen LogP) is 2.37. The third-order valence-electron chi connectivity index (χ3n) is 1.58. The first-order chi connectivity index (χ1) is 6.52. The summed E-state index contributed by atoms with van der Waals surface area (Å²) in [6, 6.07) is 6.05. The molecule has 0 heterocycles. The molecule has 0 aromatic heterocycles. The van der Waals surface area contributed by atoms with Gasteiger partial charge in [0.05, 0.1) is 0 Å². The fourth-order valence-corrected chi connectivity index (χ4v) is 1.26. The molecule has 0 aliphatic carbocycles. The Morgan fingerprint density at radius 2 is 1.79 bits per heavy atom. The first kappa shape index (κ1) is 11.2. The van der Waals surface area contributed by atoms with Crippen LogP contribution in [0.5, 0.6) is 0 Å². The minimum atomic E-state index is -1.20. The molecule has 0 spiro atoms. The summed E-state index contributed by atoms with van der Waals surface area (Å²) in [5.41, 5.74) is 0.318. The van der Waals surface area contributed by atoms with Crippen LogP contribution in [0.3, 0.4) is 0 Å². The Morgan fingerprint density at radius 1 is 1.29 bits per heavy atom. The summed E-state index contributed by atoms with van der Waals surface area (Å²) >= 11 is 8.40. The van der Waals surface area contributed by atoms with Gasteiger partial charge >= 0.3 is 5.97 Å². The molecule has 0 radical (unpaired) electrons. The van der Waals surface area contributed by atoms with Crippen LogP contribution in [0.4, 0.5) is 0 Å². The molecule has 14 heavy (non-hydrogen) atoms. The lowest BCUT2D eigenvalue weighted by Crippen LogP contribution is -2.23. The average Bonchev–Trinajstić information content (AvgIpc) is 2.16. The van der Waals surface area contributed by atoms with Crippen molar-refractivity contribution in [1.29, 1.82) is 0 Å². The second-order valence-corrected chi connectivity index (χ2v) is 3.92. The van der Waals surface area contributed by atoms with Crippen molar-refractivity contribution in [2.45, 2.75) is 4.83 Å². The summed E-state index contributed by atoms with van der Waals surface area (Å²) < 4.78 is 0. The maximum atomic E-state index is 11.4. The molecule has 1 aromatic carbocycles. The number of hydrogen-bond donors (Lipinski definition) is 1. The van der Waals surface area contributed by atoms with Crippen molar-refractivity contribution >= 4 is 39.3 Å². The smallest absolute Gasteiger partial charge is 0.325 e. The number of carboxylic acid groups (broad SMARTS) is 1. The summed E-state index contributed by atoms with van der Waals surface area (Å²) in [4.78, 5) is 20.7. The zero-order chi connectivity index (χ0) is 10.7. The van der Waals surface area contributed by atoms with Crippen LogP contribution in [-0.4, -0.2) is 21.7 Å². The Morgan fingerprint density at radius 3 is 2.21 bits per heavy atom. The molecular formula is C9H6BrClO3. The Kier molecular flexibility index (Phi) is 3.66. The van der Waals surface area contributed by atoms with E-state index in [1.165, 1.54) is 24.3 Å². The molecule has 5 heteroatoms. The number of carbonyl (C=O) groups is 2. The third-order valence-corrected chi connectivity index (χ3v) is 2.64. The molecule has 1 unspecified atom stereocenters. The highest BCUT2D eigenvalue weighted by Crippen LogP contribution is 2.14. The number of halogens is 2. The van der Waals surface area contributed by atoms with Crippen LogP contribution in [0, 0.1) is 0 Å². The van der Waals surface area contributed by atoms with E-state index in [9.17, 15) is 9.59 Å². The van der Waals surface area contributed by atoms with Crippen LogP contribution in [0.2, 0.25) is 5.02 Å². The van der Waals surface area contributed by atoms with Crippen LogP contribution in [0.15, 0.2) is 24.3 Å². The lowest BCUT2D eigenvalue weighted by atomic mass is 10.1. The van der Waals surface area contributed by atoms with Gasteiger partial charge in [0, 0.05) is 10.6 Å². The highest BCUT2D eigenvalue weighted by atomic mass is 79.9. The van der Waals surface area contributed by atoms with E-state index in [2.05, 4.69) is 15.9 Å². The maximum absolute atomic E-state index is 11.4. The van der Waals surface area contributed by atoms with Gasteiger partial charge in [0.25, 0.3) is 0 Å². The largest absolute Gasteiger partial charge is 0.480 e. The van der Waals surface area contributed by atoms with Gasteiger partial charge in [0.1, 0.15) is 0 Å². The van der Waals surface area contributed by atoms with Crippen molar-refractivity contribution in [3.63, 3.8) is 0 Å². The molecule has 0 saturated carbocycles. The number of rotatable bonds is 3. The van der Waals surface area contributed by atoms with Crippen molar-refractivity contribution in [3.05, 3.63) is 34.9 Å². The second kappa shape index (κ2) is 4.57. The fraction of sp³-hybridized carbons (Fsp3) is 0.111. The first-order valence-corrected chi connectivity index (χ1v) is 4.98. The van der Waals surface area contributed by atoms with Gasteiger partial charge in [0.2, 0.25) is 0 Å². The summed E-state index contributed by atoms with van der Waals surface area (Å²) in [7, 11) is 0. The molecule has 0 bridgehead atoms. The van der Waals surface area contributed by atoms with Crippen molar-refractivity contribution < 1.29 is 14.7 Å². The van der Waals surface area contributed by atoms with Gasteiger partial charge in [-0.2, -0.15) is 0 Å². The minimum absolute atomic E-state index is 0.318. The number of benzene rings is 1. The van der Waals surface area contributed by atoms with E-state index >= 15 is 0 Å². The zero-order valence-electron chi connectivity index (χ0n) is 6.91. The van der Waals surface area contributed by atoms with Gasteiger partial charge < -0.3 is 5.11 Å². The standard InChI is InChI=1S/C9H6BrClO3/c10-7(9(13)14)8(12)5-1-3-6(11)4-2-5/h1-4,7H,(H,13,14). The van der Waals surface area contributed by atoms with Gasteiger partial charge in [0.15, 0.2) is 10.6 Å². The summed E-state index contributed by atoms with van der Waals surface area (Å²) in [6.07, 6.45) is 0. The quantitative estimate of drug-likeness (QED) is 0.524. The molecule has 0 saturated heterocycles. The predicted molar refractivity (Wildman–Crippen MR) is 56.1 cm³/mol. The molecule has 1 rings (SSSR count). The molecule has 1 N–H and O–H groups in total. The third kappa shape index (κ3) is 2.56. The SMILES string of the molecule is O=C(O)C(Br)C(=O)c1ccc(Cl)cc1. The number of Topliss-reactive ketones (excluding diaryl/α,β-unsaturated/α-hetero) is 1.